The number of carbonyl (C=O) groups excluding carboxylic acids is 2. The van der Waals surface area contributed by atoms with E-state index in [9.17, 15) is 9.59 Å². The van der Waals surface area contributed by atoms with Gasteiger partial charge in [0, 0.05) is 29.4 Å². The van der Waals surface area contributed by atoms with Gasteiger partial charge in [-0.3, -0.25) is 14.9 Å². The van der Waals surface area contributed by atoms with E-state index in [2.05, 4.69) is 28.1 Å². The summed E-state index contributed by atoms with van der Waals surface area (Å²) in [6.45, 7) is 2.55. The van der Waals surface area contributed by atoms with Crippen molar-refractivity contribution in [1.29, 1.82) is 0 Å². The summed E-state index contributed by atoms with van der Waals surface area (Å²) in [7, 11) is 0. The molecule has 33 heavy (non-hydrogen) atoms. The van der Waals surface area contributed by atoms with E-state index in [1.807, 2.05) is 49.4 Å². The minimum Gasteiger partial charge on any atom is -0.494 e. The molecule has 0 spiro atoms. The summed E-state index contributed by atoms with van der Waals surface area (Å²) in [5.41, 5.74) is 3.76. The fourth-order valence-electron chi connectivity index (χ4n) is 5.06. The third kappa shape index (κ3) is 4.52. The van der Waals surface area contributed by atoms with Crippen LogP contribution in [-0.2, 0) is 15.3 Å². The second kappa shape index (κ2) is 9.61. The molecule has 2 aliphatic heterocycles. The minimum atomic E-state index is -0.405. The number of hydrogen-bond acceptors (Lipinski definition) is 6. The Kier molecular flexibility index (Phi) is 6.42. The van der Waals surface area contributed by atoms with Crippen molar-refractivity contribution in [3.8, 4) is 5.75 Å². The van der Waals surface area contributed by atoms with Gasteiger partial charge in [-0.05, 0) is 43.0 Å². The normalized spacial score (nSPS) is 26.7. The lowest BCUT2D eigenvalue weighted by Crippen LogP contribution is -2.67. The topological polar surface area (TPSA) is 79.5 Å². The Morgan fingerprint density at radius 2 is 1.79 bits per heavy atom. The maximum Gasteiger partial charge on any atom is 0.229 e. The largest absolute Gasteiger partial charge is 0.494 e. The van der Waals surface area contributed by atoms with E-state index in [1.165, 1.54) is 5.56 Å². The van der Waals surface area contributed by atoms with Gasteiger partial charge in [-0.2, -0.15) is 0 Å². The standard InChI is InChI=1S/C26H29N3O3S/c1-2-32-18-13-11-17(12-14-18)21-22-19(9-6-10-20(22)30)27-24-23(21)25(31)29-26(28-24)33-15-16-7-4-3-5-8-16/h3-5,7-8,11-14,21,23-24,26-28H,2,6,9-10,15H2,1H3,(H,29,31). The summed E-state index contributed by atoms with van der Waals surface area (Å²) >= 11 is 1.66. The zero-order chi connectivity index (χ0) is 22.8. The molecule has 5 rings (SSSR count). The van der Waals surface area contributed by atoms with Gasteiger partial charge in [0.15, 0.2) is 5.78 Å². The van der Waals surface area contributed by atoms with Gasteiger partial charge in [-0.15, -0.1) is 11.8 Å². The molecule has 4 unspecified atom stereocenters. The highest BCUT2D eigenvalue weighted by Crippen LogP contribution is 2.44. The molecule has 0 saturated carbocycles. The zero-order valence-corrected chi connectivity index (χ0v) is 19.5. The average Bonchev–Trinajstić information content (AvgIpc) is 2.83. The van der Waals surface area contributed by atoms with Crippen molar-refractivity contribution >= 4 is 23.5 Å². The maximum absolute atomic E-state index is 13.4. The lowest BCUT2D eigenvalue weighted by molar-refractivity contribution is -0.130. The summed E-state index contributed by atoms with van der Waals surface area (Å²) in [5.74, 6) is 1.03. The molecule has 1 amide bonds. The van der Waals surface area contributed by atoms with Crippen molar-refractivity contribution in [1.82, 2.24) is 16.0 Å². The lowest BCUT2D eigenvalue weighted by atomic mass is 9.70. The predicted octanol–water partition coefficient (Wildman–Crippen LogP) is 3.66. The second-order valence-electron chi connectivity index (χ2n) is 8.65. The van der Waals surface area contributed by atoms with Crippen LogP contribution < -0.4 is 20.7 Å². The average molecular weight is 464 g/mol. The molecule has 6 nitrogen and oxygen atoms in total. The molecule has 4 atom stereocenters. The van der Waals surface area contributed by atoms with Gasteiger partial charge < -0.3 is 15.4 Å². The molecule has 7 heteroatoms. The summed E-state index contributed by atoms with van der Waals surface area (Å²) < 4.78 is 5.60. The van der Waals surface area contributed by atoms with Crippen LogP contribution >= 0.6 is 11.8 Å². The first-order chi connectivity index (χ1) is 16.1. The third-order valence-electron chi connectivity index (χ3n) is 6.53. The quantitative estimate of drug-likeness (QED) is 0.607. The molecule has 2 aromatic rings. The van der Waals surface area contributed by atoms with Crippen molar-refractivity contribution in [3.05, 3.63) is 77.0 Å². The Hall–Kier alpha value is -2.77. The van der Waals surface area contributed by atoms with Crippen LogP contribution in [0.2, 0.25) is 0 Å². The monoisotopic (exact) mass is 463 g/mol. The van der Waals surface area contributed by atoms with E-state index >= 15 is 0 Å². The number of thioether (sulfide) groups is 1. The molecule has 172 valence electrons. The van der Waals surface area contributed by atoms with Crippen LogP contribution in [0.5, 0.6) is 5.75 Å². The first kappa shape index (κ1) is 22.0. The molecule has 3 N–H and O–H groups in total. The number of carbonyl (C=O) groups is 2. The van der Waals surface area contributed by atoms with Gasteiger partial charge in [0.2, 0.25) is 5.91 Å². The number of hydrogen-bond donors (Lipinski definition) is 3. The number of amides is 1. The van der Waals surface area contributed by atoms with Crippen molar-refractivity contribution in [2.45, 2.75) is 49.5 Å². The van der Waals surface area contributed by atoms with Crippen LogP contribution in [0.15, 0.2) is 65.9 Å². The Balaban J connectivity index is 1.42. The highest BCUT2D eigenvalue weighted by Gasteiger charge is 2.49. The van der Waals surface area contributed by atoms with Gasteiger partial charge in [0.05, 0.1) is 18.7 Å². The third-order valence-corrected chi connectivity index (χ3v) is 7.62. The summed E-state index contributed by atoms with van der Waals surface area (Å²) in [6.07, 6.45) is 1.99. The van der Waals surface area contributed by atoms with Crippen LogP contribution in [0.3, 0.4) is 0 Å². The molecule has 2 aromatic carbocycles. The molecule has 3 aliphatic rings. The maximum atomic E-state index is 13.4. The fraction of sp³-hybridized carbons (Fsp3) is 0.385. The Labute approximate surface area is 198 Å². The molecular formula is C26H29N3O3S. The van der Waals surface area contributed by atoms with E-state index < -0.39 is 5.92 Å². The van der Waals surface area contributed by atoms with E-state index in [-0.39, 0.29) is 29.3 Å². The molecule has 0 radical (unpaired) electrons. The number of fused-ring (bicyclic) bond motifs is 1. The molecule has 1 aliphatic carbocycles. The van der Waals surface area contributed by atoms with Crippen LogP contribution in [-0.4, -0.2) is 30.0 Å². The van der Waals surface area contributed by atoms with Crippen LogP contribution in [0.25, 0.3) is 0 Å². The number of allylic oxidation sites excluding steroid dienone is 2. The van der Waals surface area contributed by atoms with Crippen molar-refractivity contribution < 1.29 is 14.3 Å². The summed E-state index contributed by atoms with van der Waals surface area (Å²) in [5, 5.41) is 10.3. The summed E-state index contributed by atoms with van der Waals surface area (Å²) in [6, 6.07) is 18.1. The zero-order valence-electron chi connectivity index (χ0n) is 18.7. The number of ketones is 1. The minimum absolute atomic E-state index is 0.0272. The van der Waals surface area contributed by atoms with Crippen molar-refractivity contribution in [3.63, 3.8) is 0 Å². The predicted molar refractivity (Wildman–Crippen MR) is 129 cm³/mol. The highest BCUT2D eigenvalue weighted by molar-refractivity contribution is 7.99. The molecular weight excluding hydrogens is 434 g/mol. The number of nitrogens with one attached hydrogen (secondary N) is 3. The van der Waals surface area contributed by atoms with Gasteiger partial charge >= 0.3 is 0 Å². The smallest absolute Gasteiger partial charge is 0.229 e. The van der Waals surface area contributed by atoms with Gasteiger partial charge in [-0.1, -0.05) is 42.5 Å². The van der Waals surface area contributed by atoms with Gasteiger partial charge in [-0.25, -0.2) is 0 Å². The Morgan fingerprint density at radius 1 is 1.00 bits per heavy atom. The van der Waals surface area contributed by atoms with E-state index in [4.69, 9.17) is 4.74 Å². The molecule has 0 aromatic heterocycles. The molecule has 0 bridgehead atoms. The van der Waals surface area contributed by atoms with E-state index in [0.29, 0.717) is 13.0 Å². The number of benzene rings is 2. The Bertz CT molecular complexity index is 1050. The van der Waals surface area contributed by atoms with Crippen molar-refractivity contribution in [2.75, 3.05) is 6.61 Å². The summed E-state index contributed by atoms with van der Waals surface area (Å²) in [4.78, 5) is 26.4. The number of Topliss-reactive ketones (excluding diaryl/α,β-unsaturated/α-hetero) is 1. The first-order valence-corrected chi connectivity index (χ1v) is 12.7. The first-order valence-electron chi connectivity index (χ1n) is 11.6. The highest BCUT2D eigenvalue weighted by atomic mass is 32.2. The Morgan fingerprint density at radius 3 is 2.55 bits per heavy atom. The second-order valence-corrected chi connectivity index (χ2v) is 9.74. The van der Waals surface area contributed by atoms with E-state index in [0.717, 1.165) is 41.2 Å². The van der Waals surface area contributed by atoms with Crippen LogP contribution in [0, 0.1) is 5.92 Å². The van der Waals surface area contributed by atoms with Gasteiger partial charge in [0.25, 0.3) is 0 Å². The number of ether oxygens (including phenoxy) is 1. The lowest BCUT2D eigenvalue weighted by Gasteiger charge is -2.47. The van der Waals surface area contributed by atoms with E-state index in [1.54, 1.807) is 11.8 Å². The fourth-order valence-corrected chi connectivity index (χ4v) is 6.05. The SMILES string of the molecule is CCOc1ccc(C2C3=C(CCCC3=O)NC3NC(SCc4ccccc4)NC(=O)C32)cc1. The number of rotatable bonds is 6. The van der Waals surface area contributed by atoms with Gasteiger partial charge in [0.1, 0.15) is 11.2 Å². The van der Waals surface area contributed by atoms with Crippen LogP contribution in [0.4, 0.5) is 0 Å². The van der Waals surface area contributed by atoms with Crippen molar-refractivity contribution in [2.24, 2.45) is 5.92 Å². The molecule has 2 heterocycles. The molecule has 1 fully saturated rings. The van der Waals surface area contributed by atoms with Crippen LogP contribution in [0.1, 0.15) is 43.2 Å². The molecule has 1 saturated heterocycles.